The van der Waals surface area contributed by atoms with Gasteiger partial charge in [0.15, 0.2) is 17.2 Å². The average Bonchev–Trinajstić information content (AvgIpc) is 2.54. The Morgan fingerprint density at radius 2 is 1.63 bits per heavy atom. The second kappa shape index (κ2) is 4.13. The van der Waals surface area contributed by atoms with E-state index in [1.807, 2.05) is 0 Å². The molecule has 0 fully saturated rings. The fraction of sp³-hybridized carbons (Fsp3) is 0. The minimum Gasteiger partial charge on any atom is -0.478 e. The summed E-state index contributed by atoms with van der Waals surface area (Å²) in [5, 5.41) is 9.13. The molecule has 1 heterocycles. The van der Waals surface area contributed by atoms with E-state index in [0.29, 0.717) is 5.75 Å². The summed E-state index contributed by atoms with van der Waals surface area (Å²) in [6, 6.07) is 10.9. The normalized spacial score (nSPS) is 12.5. The molecule has 0 spiro atoms. The first-order valence-corrected chi connectivity index (χ1v) is 5.52. The van der Waals surface area contributed by atoms with Crippen molar-refractivity contribution in [2.45, 2.75) is 0 Å². The summed E-state index contributed by atoms with van der Waals surface area (Å²) < 4.78 is 10.7. The van der Waals surface area contributed by atoms with Crippen molar-refractivity contribution in [2.24, 2.45) is 0 Å². The molecule has 94 valence electrons. The van der Waals surface area contributed by atoms with Crippen LogP contribution in [0.4, 0.5) is 0 Å². The molecule has 0 saturated heterocycles. The molecule has 0 aliphatic carbocycles. The number of carbonyl (C=O) groups is 2. The molecule has 1 N–H and O–H groups in total. The first-order valence-electron chi connectivity index (χ1n) is 5.52. The zero-order chi connectivity index (χ0) is 13.4. The molecule has 1 aliphatic heterocycles. The maximum atomic E-state index is 11.9. The Morgan fingerprint density at radius 1 is 0.947 bits per heavy atom. The lowest BCUT2D eigenvalue weighted by atomic mass is 10.1. The summed E-state index contributed by atoms with van der Waals surface area (Å²) >= 11 is 0. The first-order chi connectivity index (χ1) is 9.16. The van der Waals surface area contributed by atoms with E-state index < -0.39 is 11.9 Å². The highest BCUT2D eigenvalue weighted by atomic mass is 16.6. The zero-order valence-corrected chi connectivity index (χ0v) is 9.62. The van der Waals surface area contributed by atoms with Crippen LogP contribution in [0.25, 0.3) is 0 Å². The number of hydrogen-bond acceptors (Lipinski definition) is 4. The lowest BCUT2D eigenvalue weighted by molar-refractivity contribution is 0.0694. The van der Waals surface area contributed by atoms with E-state index in [4.69, 9.17) is 14.6 Å². The molecule has 0 unspecified atom stereocenters. The molecular weight excluding hydrogens is 248 g/mol. The van der Waals surface area contributed by atoms with Gasteiger partial charge in [-0.3, -0.25) is 0 Å². The van der Waals surface area contributed by atoms with Gasteiger partial charge in [-0.2, -0.15) is 0 Å². The smallest absolute Gasteiger partial charge is 0.347 e. The number of benzene rings is 2. The molecule has 1 aliphatic rings. The van der Waals surface area contributed by atoms with Crippen molar-refractivity contribution in [2.75, 3.05) is 0 Å². The van der Waals surface area contributed by atoms with Crippen LogP contribution in [0.15, 0.2) is 42.5 Å². The predicted octanol–water partition coefficient (Wildman–Crippen LogP) is 2.71. The number of para-hydroxylation sites is 3. The van der Waals surface area contributed by atoms with Crippen LogP contribution in [0.5, 0.6) is 17.2 Å². The third-order valence-corrected chi connectivity index (χ3v) is 2.73. The molecular formula is C14H8O5. The van der Waals surface area contributed by atoms with Gasteiger partial charge in [0.25, 0.3) is 0 Å². The minimum absolute atomic E-state index is 0.00458. The van der Waals surface area contributed by atoms with Crippen LogP contribution >= 0.6 is 0 Å². The molecule has 0 saturated carbocycles. The van der Waals surface area contributed by atoms with Crippen LogP contribution in [-0.2, 0) is 0 Å². The monoisotopic (exact) mass is 256 g/mol. The van der Waals surface area contributed by atoms with Crippen molar-refractivity contribution in [3.63, 3.8) is 0 Å². The maximum absolute atomic E-state index is 11.9. The van der Waals surface area contributed by atoms with Crippen LogP contribution in [0.3, 0.4) is 0 Å². The summed E-state index contributed by atoms with van der Waals surface area (Å²) in [6.07, 6.45) is 0. The summed E-state index contributed by atoms with van der Waals surface area (Å²) in [6.45, 7) is 0. The van der Waals surface area contributed by atoms with E-state index in [1.165, 1.54) is 18.2 Å². The van der Waals surface area contributed by atoms with Gasteiger partial charge in [-0.1, -0.05) is 18.2 Å². The lowest BCUT2D eigenvalue weighted by Crippen LogP contribution is -2.09. The summed E-state index contributed by atoms with van der Waals surface area (Å²) in [4.78, 5) is 23.1. The van der Waals surface area contributed by atoms with Crippen LogP contribution in [-0.4, -0.2) is 17.0 Å². The number of carboxylic acids is 1. The Hall–Kier alpha value is -2.82. The van der Waals surface area contributed by atoms with Crippen molar-refractivity contribution in [3.05, 3.63) is 53.6 Å². The van der Waals surface area contributed by atoms with Crippen molar-refractivity contribution in [1.82, 2.24) is 0 Å². The Bertz CT molecular complexity index is 690. The van der Waals surface area contributed by atoms with Crippen molar-refractivity contribution in [1.29, 1.82) is 0 Å². The Morgan fingerprint density at radius 3 is 2.32 bits per heavy atom. The number of fused-ring (bicyclic) bond motifs is 2. The van der Waals surface area contributed by atoms with Crippen molar-refractivity contribution < 1.29 is 24.2 Å². The van der Waals surface area contributed by atoms with E-state index in [-0.39, 0.29) is 22.6 Å². The number of rotatable bonds is 1. The van der Waals surface area contributed by atoms with Crippen molar-refractivity contribution >= 4 is 11.9 Å². The van der Waals surface area contributed by atoms with E-state index >= 15 is 0 Å². The second-order valence-electron chi connectivity index (χ2n) is 3.93. The number of hydrogen-bond donors (Lipinski definition) is 1. The van der Waals surface area contributed by atoms with Crippen LogP contribution in [0.1, 0.15) is 20.7 Å². The Kier molecular flexibility index (Phi) is 2.45. The Balaban J connectivity index is 2.24. The molecule has 2 aromatic rings. The molecule has 19 heavy (non-hydrogen) atoms. The fourth-order valence-electron chi connectivity index (χ4n) is 1.86. The number of aromatic carboxylic acids is 1. The average molecular weight is 256 g/mol. The van der Waals surface area contributed by atoms with Gasteiger partial charge in [-0.25, -0.2) is 9.59 Å². The molecule has 0 atom stereocenters. The van der Waals surface area contributed by atoms with E-state index in [2.05, 4.69) is 0 Å². The maximum Gasteiger partial charge on any atom is 0.347 e. The van der Waals surface area contributed by atoms with Gasteiger partial charge in [0.1, 0.15) is 11.1 Å². The minimum atomic E-state index is -1.16. The predicted molar refractivity (Wildman–Crippen MR) is 64.9 cm³/mol. The quantitative estimate of drug-likeness (QED) is 0.627. The number of carboxylic acid groups (broad SMARTS) is 1. The van der Waals surface area contributed by atoms with Gasteiger partial charge in [0, 0.05) is 0 Å². The summed E-state index contributed by atoms with van der Waals surface area (Å²) in [5.74, 6) is -1.22. The van der Waals surface area contributed by atoms with Crippen LogP contribution in [0, 0.1) is 0 Å². The van der Waals surface area contributed by atoms with Crippen LogP contribution < -0.4 is 9.47 Å². The molecule has 3 rings (SSSR count). The zero-order valence-electron chi connectivity index (χ0n) is 9.62. The lowest BCUT2D eigenvalue weighted by Gasteiger charge is -2.08. The largest absolute Gasteiger partial charge is 0.478 e. The summed E-state index contributed by atoms with van der Waals surface area (Å²) in [7, 11) is 0. The van der Waals surface area contributed by atoms with Gasteiger partial charge < -0.3 is 14.6 Å². The highest BCUT2D eigenvalue weighted by Crippen LogP contribution is 2.38. The number of ether oxygens (including phenoxy) is 2. The fourth-order valence-corrected chi connectivity index (χ4v) is 1.86. The molecule has 2 aromatic carbocycles. The van der Waals surface area contributed by atoms with Gasteiger partial charge in [0.2, 0.25) is 0 Å². The molecule has 0 amide bonds. The summed E-state index contributed by atoms with van der Waals surface area (Å²) in [5.41, 5.74) is 0.0160. The second-order valence-corrected chi connectivity index (χ2v) is 3.93. The third-order valence-electron chi connectivity index (χ3n) is 2.73. The molecule has 5 heteroatoms. The molecule has 5 nitrogen and oxygen atoms in total. The number of carbonyl (C=O) groups excluding carboxylic acids is 1. The van der Waals surface area contributed by atoms with Gasteiger partial charge in [0.05, 0.1) is 0 Å². The van der Waals surface area contributed by atoms with Crippen molar-refractivity contribution in [3.8, 4) is 17.2 Å². The highest BCUT2D eigenvalue weighted by molar-refractivity contribution is 6.01. The third kappa shape index (κ3) is 1.81. The topological polar surface area (TPSA) is 72.8 Å². The van der Waals surface area contributed by atoms with Crippen LogP contribution in [0.2, 0.25) is 0 Å². The highest BCUT2D eigenvalue weighted by Gasteiger charge is 2.26. The van der Waals surface area contributed by atoms with Gasteiger partial charge in [-0.05, 0) is 24.3 Å². The van der Waals surface area contributed by atoms with E-state index in [0.717, 1.165) is 0 Å². The molecule has 0 radical (unpaired) electrons. The standard InChI is InChI=1S/C14H8O5/c15-13(16)8-4-3-5-9-12(8)18-10-6-1-2-7-11(10)19-14(9)17/h1-7H,(H,15,16). The van der Waals surface area contributed by atoms with E-state index in [9.17, 15) is 9.59 Å². The Labute approximate surface area is 108 Å². The van der Waals surface area contributed by atoms with E-state index in [1.54, 1.807) is 24.3 Å². The SMILES string of the molecule is O=C(O)c1cccc2c1Oc1ccccc1OC2=O. The molecule has 0 bridgehead atoms. The number of esters is 1. The first kappa shape index (κ1) is 11.3. The van der Waals surface area contributed by atoms with Gasteiger partial charge >= 0.3 is 11.9 Å². The molecule has 0 aromatic heterocycles. The van der Waals surface area contributed by atoms with Gasteiger partial charge in [-0.15, -0.1) is 0 Å².